The average Bonchev–Trinajstić information content (AvgIpc) is 2.89. The van der Waals surface area contributed by atoms with E-state index in [-0.39, 0.29) is 23.4 Å². The van der Waals surface area contributed by atoms with E-state index < -0.39 is 0 Å². The summed E-state index contributed by atoms with van der Waals surface area (Å²) in [4.78, 5) is 24.6. The summed E-state index contributed by atoms with van der Waals surface area (Å²) in [7, 11) is 0. The van der Waals surface area contributed by atoms with Gasteiger partial charge in [0.15, 0.2) is 0 Å². The predicted molar refractivity (Wildman–Crippen MR) is 101 cm³/mol. The average molecular weight is 391 g/mol. The van der Waals surface area contributed by atoms with Crippen LogP contribution in [0.4, 0.5) is 0 Å². The molecule has 2 amide bonds. The first kappa shape index (κ1) is 17.5. The first-order valence-corrected chi connectivity index (χ1v) is 10.6. The summed E-state index contributed by atoms with van der Waals surface area (Å²) in [6.07, 6.45) is 10.3. The van der Waals surface area contributed by atoms with E-state index in [1.807, 2.05) is 4.68 Å². The van der Waals surface area contributed by atoms with E-state index in [0.717, 1.165) is 44.9 Å². The Morgan fingerprint density at radius 3 is 2.52 bits per heavy atom. The highest BCUT2D eigenvalue weighted by molar-refractivity contribution is 6.32. The lowest BCUT2D eigenvalue weighted by atomic mass is 9.51. The summed E-state index contributed by atoms with van der Waals surface area (Å²) in [5.41, 5.74) is 0.449. The Labute approximate surface area is 164 Å². The van der Waals surface area contributed by atoms with E-state index in [0.29, 0.717) is 34.5 Å². The van der Waals surface area contributed by atoms with Crippen LogP contribution in [0, 0.1) is 17.8 Å². The maximum absolute atomic E-state index is 12.9. The monoisotopic (exact) mass is 390 g/mol. The maximum Gasteiger partial charge on any atom is 0.256 e. The molecule has 0 spiro atoms. The van der Waals surface area contributed by atoms with Crippen molar-refractivity contribution in [2.75, 3.05) is 0 Å². The van der Waals surface area contributed by atoms with E-state index in [1.54, 1.807) is 13.1 Å². The lowest BCUT2D eigenvalue weighted by molar-refractivity contribution is -0.125. The fourth-order valence-electron chi connectivity index (χ4n) is 6.40. The fraction of sp³-hybridized carbons (Fsp3) is 0.750. The Kier molecular flexibility index (Phi) is 4.04. The molecule has 5 aliphatic rings. The molecule has 5 saturated carbocycles. The molecule has 5 aliphatic carbocycles. The number of carbonyl (C=O) groups excluding carboxylic acids is 2. The topological polar surface area (TPSA) is 76.0 Å². The zero-order valence-electron chi connectivity index (χ0n) is 15.7. The second-order valence-corrected chi connectivity index (χ2v) is 9.67. The highest BCUT2D eigenvalue weighted by atomic mass is 35.5. The number of amides is 2. The third kappa shape index (κ3) is 2.87. The Balaban J connectivity index is 1.31. The molecular formula is C20H27ClN4O2. The van der Waals surface area contributed by atoms with Crippen molar-refractivity contribution < 1.29 is 9.59 Å². The smallest absolute Gasteiger partial charge is 0.256 e. The summed E-state index contributed by atoms with van der Waals surface area (Å²) in [6.45, 7) is 1.61. The van der Waals surface area contributed by atoms with Gasteiger partial charge in [0.1, 0.15) is 5.15 Å². The van der Waals surface area contributed by atoms with Crippen LogP contribution >= 0.6 is 11.6 Å². The Hall–Kier alpha value is -1.56. The highest BCUT2D eigenvalue weighted by Gasteiger charge is 2.56. The number of nitrogens with zero attached hydrogens (tertiary/aromatic N) is 2. The Bertz CT molecular complexity index is 771. The second-order valence-electron chi connectivity index (χ2n) is 9.31. The summed E-state index contributed by atoms with van der Waals surface area (Å²) in [6, 6.07) is 0.525. The fourth-order valence-corrected chi connectivity index (χ4v) is 6.72. The van der Waals surface area contributed by atoms with Gasteiger partial charge in [-0.15, -0.1) is 0 Å². The van der Waals surface area contributed by atoms with Gasteiger partial charge in [-0.1, -0.05) is 11.6 Å². The molecule has 0 radical (unpaired) electrons. The Morgan fingerprint density at radius 2 is 1.93 bits per heavy atom. The third-order valence-electron chi connectivity index (χ3n) is 7.41. The van der Waals surface area contributed by atoms with Gasteiger partial charge in [0.05, 0.1) is 17.8 Å². The van der Waals surface area contributed by atoms with Gasteiger partial charge in [0.25, 0.3) is 5.91 Å². The Morgan fingerprint density at radius 1 is 1.22 bits per heavy atom. The van der Waals surface area contributed by atoms with E-state index in [4.69, 9.17) is 11.6 Å². The minimum Gasteiger partial charge on any atom is -0.351 e. The number of carbonyl (C=O) groups is 2. The van der Waals surface area contributed by atoms with Gasteiger partial charge in [-0.25, -0.2) is 0 Å². The molecule has 0 saturated heterocycles. The van der Waals surface area contributed by atoms with Crippen molar-refractivity contribution in [2.45, 2.75) is 75.9 Å². The molecule has 5 fully saturated rings. The van der Waals surface area contributed by atoms with Crippen LogP contribution in [-0.2, 0) is 4.79 Å². The normalized spacial score (nSPS) is 37.1. The molecule has 0 unspecified atom stereocenters. The van der Waals surface area contributed by atoms with Crippen molar-refractivity contribution >= 4 is 23.4 Å². The van der Waals surface area contributed by atoms with Crippen LogP contribution in [0.2, 0.25) is 5.15 Å². The molecule has 0 aromatic carbocycles. The number of rotatable bonds is 4. The number of hydrogen-bond donors (Lipinski definition) is 2. The SMILES string of the molecule is CC(=O)NC12CC3C[C@@H](C1)C(NC(=O)c1cnn(C4CCC4)c1Cl)[C@@H](C3)C2. The molecule has 6 nitrogen and oxygen atoms in total. The lowest BCUT2D eigenvalue weighted by Gasteiger charge is -2.60. The van der Waals surface area contributed by atoms with Gasteiger partial charge in [0.2, 0.25) is 5.91 Å². The van der Waals surface area contributed by atoms with Gasteiger partial charge in [0, 0.05) is 18.5 Å². The quantitative estimate of drug-likeness (QED) is 0.829. The summed E-state index contributed by atoms with van der Waals surface area (Å²) < 4.78 is 1.81. The van der Waals surface area contributed by atoms with Crippen LogP contribution in [0.15, 0.2) is 6.20 Å². The van der Waals surface area contributed by atoms with E-state index >= 15 is 0 Å². The summed E-state index contributed by atoms with van der Waals surface area (Å²) in [5, 5.41) is 11.4. The number of halogens is 1. The van der Waals surface area contributed by atoms with Gasteiger partial charge in [-0.05, 0) is 69.1 Å². The van der Waals surface area contributed by atoms with Gasteiger partial charge in [-0.3, -0.25) is 14.3 Å². The summed E-state index contributed by atoms with van der Waals surface area (Å²) >= 11 is 6.47. The lowest BCUT2D eigenvalue weighted by Crippen LogP contribution is -2.66. The first-order valence-electron chi connectivity index (χ1n) is 10.3. The minimum absolute atomic E-state index is 0.0453. The van der Waals surface area contributed by atoms with Crippen LogP contribution in [0.1, 0.15) is 74.7 Å². The zero-order chi connectivity index (χ0) is 18.8. The van der Waals surface area contributed by atoms with Crippen molar-refractivity contribution in [3.05, 3.63) is 16.9 Å². The highest BCUT2D eigenvalue weighted by Crippen LogP contribution is 2.55. The van der Waals surface area contributed by atoms with Crippen LogP contribution in [0.3, 0.4) is 0 Å². The van der Waals surface area contributed by atoms with Crippen LogP contribution < -0.4 is 10.6 Å². The van der Waals surface area contributed by atoms with Crippen molar-refractivity contribution in [3.63, 3.8) is 0 Å². The van der Waals surface area contributed by atoms with Gasteiger partial charge < -0.3 is 10.6 Å². The molecule has 0 aliphatic heterocycles. The molecule has 6 rings (SSSR count). The standard InChI is InChI=1S/C20H27ClN4O2/c1-11(26)24-20-7-12-5-13(8-20)17(14(6-12)9-20)23-19(27)16-10-22-25(18(16)21)15-3-2-4-15/h10,12-15,17H,2-9H2,1H3,(H,23,27)(H,24,26)/t12?,13-,14-,17?,20?/m0/s1. The molecule has 4 bridgehead atoms. The van der Waals surface area contributed by atoms with Gasteiger partial charge in [-0.2, -0.15) is 5.10 Å². The van der Waals surface area contributed by atoms with E-state index in [2.05, 4.69) is 15.7 Å². The van der Waals surface area contributed by atoms with Crippen molar-refractivity contribution in [1.82, 2.24) is 20.4 Å². The van der Waals surface area contributed by atoms with E-state index in [9.17, 15) is 9.59 Å². The first-order chi connectivity index (χ1) is 12.9. The number of aromatic nitrogens is 2. The second kappa shape index (κ2) is 6.23. The molecular weight excluding hydrogens is 364 g/mol. The van der Waals surface area contributed by atoms with Crippen molar-refractivity contribution in [2.24, 2.45) is 17.8 Å². The molecule has 27 heavy (non-hydrogen) atoms. The van der Waals surface area contributed by atoms with Crippen LogP contribution in [-0.4, -0.2) is 33.2 Å². The predicted octanol–water partition coefficient (Wildman–Crippen LogP) is 3.07. The third-order valence-corrected chi connectivity index (χ3v) is 7.79. The largest absolute Gasteiger partial charge is 0.351 e. The van der Waals surface area contributed by atoms with Crippen molar-refractivity contribution in [3.8, 4) is 0 Å². The molecule has 2 N–H and O–H groups in total. The van der Waals surface area contributed by atoms with Crippen molar-refractivity contribution in [1.29, 1.82) is 0 Å². The molecule has 1 aromatic rings. The van der Waals surface area contributed by atoms with E-state index in [1.165, 1.54) is 6.42 Å². The van der Waals surface area contributed by atoms with Gasteiger partial charge >= 0.3 is 0 Å². The molecule has 1 heterocycles. The molecule has 1 aromatic heterocycles. The molecule has 7 heteroatoms. The van der Waals surface area contributed by atoms with Crippen LogP contribution in [0.25, 0.3) is 0 Å². The summed E-state index contributed by atoms with van der Waals surface area (Å²) in [5.74, 6) is 1.51. The van der Waals surface area contributed by atoms with Crippen LogP contribution in [0.5, 0.6) is 0 Å². The number of nitrogens with one attached hydrogen (secondary N) is 2. The maximum atomic E-state index is 12.9. The zero-order valence-corrected chi connectivity index (χ0v) is 16.5. The molecule has 2 atom stereocenters. The minimum atomic E-state index is -0.100. The number of hydrogen-bond acceptors (Lipinski definition) is 3. The molecule has 146 valence electrons.